The summed E-state index contributed by atoms with van der Waals surface area (Å²) in [6, 6.07) is 7.63. The molecular weight excluding hydrogens is 379 g/mol. The summed E-state index contributed by atoms with van der Waals surface area (Å²) in [6.07, 6.45) is 0. The van der Waals surface area contributed by atoms with Crippen molar-refractivity contribution in [1.29, 1.82) is 0 Å². The number of hydrogen-bond acceptors (Lipinski definition) is 4. The number of aryl methyl sites for hydroxylation is 1. The van der Waals surface area contributed by atoms with Crippen molar-refractivity contribution in [2.75, 3.05) is 11.1 Å². The van der Waals surface area contributed by atoms with E-state index in [1.54, 1.807) is 19.1 Å². The van der Waals surface area contributed by atoms with E-state index >= 15 is 0 Å². The summed E-state index contributed by atoms with van der Waals surface area (Å²) in [5.41, 5.74) is 6.11. The van der Waals surface area contributed by atoms with Crippen LogP contribution in [-0.4, -0.2) is 15.5 Å². The number of nitrogen functional groups attached to an aromatic ring is 1. The Bertz CT molecular complexity index is 1130. The zero-order chi connectivity index (χ0) is 19.0. The maximum atomic E-state index is 12.5. The molecule has 0 aliphatic carbocycles. The smallest absolute Gasteiger partial charge is 0.316 e. The summed E-state index contributed by atoms with van der Waals surface area (Å²) in [4.78, 5) is 38.6. The Morgan fingerprint density at radius 1 is 1.19 bits per heavy atom. The molecule has 0 spiro atoms. The monoisotopic (exact) mass is 392 g/mol. The van der Waals surface area contributed by atoms with Crippen molar-refractivity contribution in [3.8, 4) is 0 Å². The summed E-state index contributed by atoms with van der Waals surface area (Å²) >= 11 is 11.9. The van der Waals surface area contributed by atoms with E-state index in [2.05, 4.69) is 10.3 Å². The second-order valence-electron chi connectivity index (χ2n) is 5.54. The van der Waals surface area contributed by atoms with Crippen molar-refractivity contribution < 1.29 is 4.79 Å². The number of fused-ring (bicyclic) bond motifs is 1. The molecule has 2 aromatic carbocycles. The Hall–Kier alpha value is -2.77. The van der Waals surface area contributed by atoms with Crippen LogP contribution in [0.3, 0.4) is 0 Å². The van der Waals surface area contributed by atoms with E-state index in [1.165, 1.54) is 22.8 Å². The lowest BCUT2D eigenvalue weighted by molar-refractivity contribution is 0.102. The number of aromatic amines is 1. The van der Waals surface area contributed by atoms with Gasteiger partial charge in [0.05, 0.1) is 26.8 Å². The van der Waals surface area contributed by atoms with Crippen LogP contribution in [0.5, 0.6) is 0 Å². The first kappa shape index (κ1) is 18.0. The zero-order valence-electron chi connectivity index (χ0n) is 13.6. The number of carbonyl (C=O) groups excluding carboxylic acids is 1. The maximum absolute atomic E-state index is 12.5. The minimum Gasteiger partial charge on any atom is -0.396 e. The van der Waals surface area contributed by atoms with E-state index in [0.29, 0.717) is 28.8 Å². The average molecular weight is 393 g/mol. The van der Waals surface area contributed by atoms with Crippen LogP contribution < -0.4 is 22.2 Å². The molecule has 0 saturated carbocycles. The largest absolute Gasteiger partial charge is 0.396 e. The van der Waals surface area contributed by atoms with Crippen LogP contribution in [0.15, 0.2) is 39.9 Å². The normalized spacial score (nSPS) is 10.9. The summed E-state index contributed by atoms with van der Waals surface area (Å²) in [7, 11) is 0. The molecule has 1 aromatic heterocycles. The van der Waals surface area contributed by atoms with Crippen LogP contribution in [0.2, 0.25) is 10.0 Å². The molecule has 0 aliphatic rings. The second-order valence-corrected chi connectivity index (χ2v) is 6.36. The summed E-state index contributed by atoms with van der Waals surface area (Å²) in [6.45, 7) is 2.10. The molecule has 3 rings (SSSR count). The topological polar surface area (TPSA) is 110 Å². The molecule has 0 bridgehead atoms. The number of aromatic nitrogens is 2. The molecule has 0 radical (unpaired) electrons. The van der Waals surface area contributed by atoms with Crippen LogP contribution in [-0.2, 0) is 6.54 Å². The van der Waals surface area contributed by atoms with Gasteiger partial charge in [-0.25, -0.2) is 0 Å². The van der Waals surface area contributed by atoms with Crippen molar-refractivity contribution in [2.24, 2.45) is 0 Å². The summed E-state index contributed by atoms with van der Waals surface area (Å²) in [5.74, 6) is -0.432. The van der Waals surface area contributed by atoms with Crippen LogP contribution in [0.1, 0.15) is 17.3 Å². The number of carbonyl (C=O) groups is 1. The molecule has 0 unspecified atom stereocenters. The molecule has 26 heavy (non-hydrogen) atoms. The lowest BCUT2D eigenvalue weighted by Crippen LogP contribution is -2.36. The van der Waals surface area contributed by atoms with Gasteiger partial charge >= 0.3 is 11.1 Å². The predicted octanol–water partition coefficient (Wildman–Crippen LogP) is 2.85. The highest BCUT2D eigenvalue weighted by Crippen LogP contribution is 2.31. The molecule has 9 heteroatoms. The quantitative estimate of drug-likeness (QED) is 0.470. The van der Waals surface area contributed by atoms with Crippen molar-refractivity contribution in [2.45, 2.75) is 13.5 Å². The third-order valence-electron chi connectivity index (χ3n) is 3.89. The third-order valence-corrected chi connectivity index (χ3v) is 4.52. The summed E-state index contributed by atoms with van der Waals surface area (Å²) < 4.78 is 1.34. The lowest BCUT2D eigenvalue weighted by atomic mass is 10.1. The van der Waals surface area contributed by atoms with E-state index in [0.717, 1.165) is 0 Å². The van der Waals surface area contributed by atoms with Crippen molar-refractivity contribution >= 4 is 51.5 Å². The Kier molecular flexibility index (Phi) is 4.76. The predicted molar refractivity (Wildman–Crippen MR) is 103 cm³/mol. The number of anilines is 2. The number of nitrogens with two attached hydrogens (primary N) is 1. The molecule has 134 valence electrons. The van der Waals surface area contributed by atoms with Gasteiger partial charge in [0.2, 0.25) is 0 Å². The summed E-state index contributed by atoms with van der Waals surface area (Å²) in [5, 5.41) is 3.11. The van der Waals surface area contributed by atoms with Gasteiger partial charge in [0.25, 0.3) is 5.91 Å². The fourth-order valence-corrected chi connectivity index (χ4v) is 3.08. The Labute approximate surface area is 157 Å². The average Bonchev–Trinajstić information content (AvgIpc) is 2.60. The van der Waals surface area contributed by atoms with Gasteiger partial charge in [-0.3, -0.25) is 14.4 Å². The SMILES string of the molecule is CCn1c(=O)c(=O)[nH]c2cc(C(=O)Nc3cc(Cl)c(N)c(Cl)c3)ccc21. The zero-order valence-corrected chi connectivity index (χ0v) is 15.1. The molecular formula is C17H14Cl2N4O3. The number of benzene rings is 2. The van der Waals surface area contributed by atoms with E-state index < -0.39 is 17.0 Å². The van der Waals surface area contributed by atoms with Gasteiger partial charge in [-0.05, 0) is 37.3 Å². The highest BCUT2D eigenvalue weighted by Gasteiger charge is 2.12. The number of halogens is 2. The van der Waals surface area contributed by atoms with Gasteiger partial charge < -0.3 is 20.6 Å². The van der Waals surface area contributed by atoms with E-state index in [4.69, 9.17) is 28.9 Å². The fraction of sp³-hybridized carbons (Fsp3) is 0.118. The molecule has 0 fully saturated rings. The minimum absolute atomic E-state index is 0.225. The van der Waals surface area contributed by atoms with Gasteiger partial charge in [-0.1, -0.05) is 23.2 Å². The highest BCUT2D eigenvalue weighted by molar-refractivity contribution is 6.39. The number of nitrogens with one attached hydrogen (secondary N) is 2. The molecule has 1 amide bonds. The molecule has 0 saturated heterocycles. The molecule has 4 N–H and O–H groups in total. The van der Waals surface area contributed by atoms with E-state index in [9.17, 15) is 14.4 Å². The van der Waals surface area contributed by atoms with Crippen molar-refractivity contribution in [1.82, 2.24) is 9.55 Å². The minimum atomic E-state index is -0.742. The highest BCUT2D eigenvalue weighted by atomic mass is 35.5. The lowest BCUT2D eigenvalue weighted by Gasteiger charge is -2.10. The molecule has 3 aromatic rings. The standard InChI is InChI=1S/C17H14Cl2N4O3/c1-2-23-13-4-3-8(5-12(13)22-16(25)17(23)26)15(24)21-9-6-10(18)14(20)11(19)7-9/h3-7H,2,20H2,1H3,(H,21,24)(H,22,25). The van der Waals surface area contributed by atoms with Gasteiger partial charge in [0, 0.05) is 17.8 Å². The van der Waals surface area contributed by atoms with Crippen molar-refractivity contribution in [3.05, 3.63) is 66.6 Å². The third kappa shape index (κ3) is 3.18. The number of H-pyrrole nitrogens is 1. The Morgan fingerprint density at radius 3 is 2.46 bits per heavy atom. The first-order valence-corrected chi connectivity index (χ1v) is 8.40. The fourth-order valence-electron chi connectivity index (χ4n) is 2.59. The number of hydrogen-bond donors (Lipinski definition) is 3. The van der Waals surface area contributed by atoms with Gasteiger partial charge in [0.15, 0.2) is 0 Å². The van der Waals surface area contributed by atoms with Gasteiger partial charge in [-0.2, -0.15) is 0 Å². The van der Waals surface area contributed by atoms with Crippen LogP contribution in [0.25, 0.3) is 11.0 Å². The number of nitrogens with zero attached hydrogens (tertiary/aromatic N) is 1. The first-order chi connectivity index (χ1) is 12.3. The molecule has 0 aliphatic heterocycles. The number of rotatable bonds is 3. The van der Waals surface area contributed by atoms with E-state index in [1.807, 2.05) is 0 Å². The van der Waals surface area contributed by atoms with Gasteiger partial charge in [-0.15, -0.1) is 0 Å². The van der Waals surface area contributed by atoms with Crippen LogP contribution in [0, 0.1) is 0 Å². The Morgan fingerprint density at radius 2 is 1.85 bits per heavy atom. The molecule has 0 atom stereocenters. The van der Waals surface area contributed by atoms with E-state index in [-0.39, 0.29) is 15.7 Å². The molecule has 7 nitrogen and oxygen atoms in total. The molecule has 1 heterocycles. The first-order valence-electron chi connectivity index (χ1n) is 7.64. The van der Waals surface area contributed by atoms with Crippen LogP contribution in [0.4, 0.5) is 11.4 Å². The van der Waals surface area contributed by atoms with Gasteiger partial charge in [0.1, 0.15) is 0 Å². The van der Waals surface area contributed by atoms with Crippen LogP contribution >= 0.6 is 23.2 Å². The second kappa shape index (κ2) is 6.86. The Balaban J connectivity index is 2.00. The maximum Gasteiger partial charge on any atom is 0.316 e. The van der Waals surface area contributed by atoms with Crippen molar-refractivity contribution in [3.63, 3.8) is 0 Å². The number of amides is 1.